The molecule has 0 saturated heterocycles. The fraction of sp³-hybridized carbons (Fsp3) is 0.400. The first-order chi connectivity index (χ1) is 9.88. The van der Waals surface area contributed by atoms with Crippen molar-refractivity contribution in [2.24, 2.45) is 0 Å². The van der Waals surface area contributed by atoms with Crippen molar-refractivity contribution in [2.45, 2.75) is 13.3 Å². The topological polar surface area (TPSA) is 55.4 Å². The number of benzene rings is 1. The molecule has 0 aliphatic carbocycles. The summed E-state index contributed by atoms with van der Waals surface area (Å²) in [6, 6.07) is 5.98. The minimum atomic E-state index is 0.294. The van der Waals surface area contributed by atoms with Gasteiger partial charge in [0.25, 0.3) is 0 Å². The van der Waals surface area contributed by atoms with Crippen LogP contribution in [-0.2, 0) is 0 Å². The van der Waals surface area contributed by atoms with Crippen molar-refractivity contribution in [3.63, 3.8) is 0 Å². The van der Waals surface area contributed by atoms with E-state index < -0.39 is 0 Å². The maximum Gasteiger partial charge on any atom is 0.231 e. The van der Waals surface area contributed by atoms with Gasteiger partial charge in [-0.2, -0.15) is 0 Å². The van der Waals surface area contributed by atoms with E-state index in [4.69, 9.17) is 9.47 Å². The fourth-order valence-electron chi connectivity index (χ4n) is 2.27. The van der Waals surface area contributed by atoms with Gasteiger partial charge in [0.2, 0.25) is 6.79 Å². The molecular formula is C15H19N3O2. The van der Waals surface area contributed by atoms with Gasteiger partial charge >= 0.3 is 0 Å². The lowest BCUT2D eigenvalue weighted by atomic mass is 10.1. The second-order valence-corrected chi connectivity index (χ2v) is 4.76. The van der Waals surface area contributed by atoms with Crippen LogP contribution in [0.2, 0.25) is 0 Å². The summed E-state index contributed by atoms with van der Waals surface area (Å²) in [7, 11) is 0. The van der Waals surface area contributed by atoms with Crippen molar-refractivity contribution in [1.82, 2.24) is 10.3 Å². The zero-order valence-corrected chi connectivity index (χ0v) is 11.6. The lowest BCUT2D eigenvalue weighted by Crippen LogP contribution is -2.23. The highest BCUT2D eigenvalue weighted by Crippen LogP contribution is 2.37. The molecule has 1 aromatic heterocycles. The number of pyridine rings is 1. The molecule has 2 heterocycles. The summed E-state index contributed by atoms with van der Waals surface area (Å²) in [6.07, 6.45) is 2.96. The molecular weight excluding hydrogens is 254 g/mol. The molecule has 20 heavy (non-hydrogen) atoms. The van der Waals surface area contributed by atoms with E-state index in [0.717, 1.165) is 54.1 Å². The van der Waals surface area contributed by atoms with E-state index in [1.165, 1.54) is 0 Å². The van der Waals surface area contributed by atoms with Gasteiger partial charge in [0.05, 0.1) is 0 Å². The van der Waals surface area contributed by atoms with E-state index in [0.29, 0.717) is 6.79 Å². The Labute approximate surface area is 118 Å². The second kappa shape index (κ2) is 5.96. The van der Waals surface area contributed by atoms with Gasteiger partial charge in [-0.25, -0.2) is 4.98 Å². The molecule has 0 amide bonds. The zero-order chi connectivity index (χ0) is 13.8. The highest BCUT2D eigenvalue weighted by atomic mass is 16.7. The van der Waals surface area contributed by atoms with Crippen molar-refractivity contribution in [3.8, 4) is 11.5 Å². The Balaban J connectivity index is 1.77. The summed E-state index contributed by atoms with van der Waals surface area (Å²) in [4.78, 5) is 4.41. The number of ether oxygens (including phenoxy) is 2. The lowest BCUT2D eigenvalue weighted by molar-refractivity contribution is 0.174. The molecule has 2 aromatic rings. The molecule has 0 saturated carbocycles. The van der Waals surface area contributed by atoms with E-state index in [9.17, 15) is 0 Å². The van der Waals surface area contributed by atoms with E-state index in [2.05, 4.69) is 22.5 Å². The monoisotopic (exact) mass is 273 g/mol. The van der Waals surface area contributed by atoms with E-state index in [1.807, 2.05) is 24.4 Å². The Morgan fingerprint density at radius 3 is 2.85 bits per heavy atom. The van der Waals surface area contributed by atoms with Crippen LogP contribution >= 0.6 is 0 Å². The van der Waals surface area contributed by atoms with Gasteiger partial charge in [0.1, 0.15) is 5.82 Å². The Morgan fingerprint density at radius 1 is 1.15 bits per heavy atom. The molecule has 0 bridgehead atoms. The number of fused-ring (bicyclic) bond motifs is 2. The Bertz CT molecular complexity index is 601. The quantitative estimate of drug-likeness (QED) is 0.791. The van der Waals surface area contributed by atoms with Crippen molar-refractivity contribution in [3.05, 3.63) is 24.4 Å². The Kier molecular flexibility index (Phi) is 3.87. The van der Waals surface area contributed by atoms with Gasteiger partial charge in [-0.3, -0.25) is 0 Å². The summed E-state index contributed by atoms with van der Waals surface area (Å²) in [5.41, 5.74) is 0. The normalized spacial score (nSPS) is 12.8. The molecule has 0 spiro atoms. The Hall–Kier alpha value is -2.01. The summed E-state index contributed by atoms with van der Waals surface area (Å²) in [5, 5.41) is 8.89. The second-order valence-electron chi connectivity index (χ2n) is 4.76. The summed E-state index contributed by atoms with van der Waals surface area (Å²) < 4.78 is 10.8. The SMILES string of the molecule is CCCNCCNc1nccc2cc3c(cc12)OCO3. The van der Waals surface area contributed by atoms with Crippen molar-refractivity contribution in [1.29, 1.82) is 0 Å². The molecule has 2 N–H and O–H groups in total. The highest BCUT2D eigenvalue weighted by molar-refractivity contribution is 5.94. The van der Waals surface area contributed by atoms with E-state index in [-0.39, 0.29) is 0 Å². The van der Waals surface area contributed by atoms with E-state index in [1.54, 1.807) is 0 Å². The van der Waals surface area contributed by atoms with Gasteiger partial charge in [0, 0.05) is 24.7 Å². The highest BCUT2D eigenvalue weighted by Gasteiger charge is 2.15. The number of nitrogens with zero attached hydrogens (tertiary/aromatic N) is 1. The molecule has 5 heteroatoms. The van der Waals surface area contributed by atoms with Crippen LogP contribution in [0.3, 0.4) is 0 Å². The molecule has 1 aliphatic heterocycles. The maximum atomic E-state index is 5.43. The number of anilines is 1. The van der Waals surface area contributed by atoms with Crippen LogP contribution in [0.5, 0.6) is 11.5 Å². The van der Waals surface area contributed by atoms with Gasteiger partial charge in [0.15, 0.2) is 11.5 Å². The summed E-state index contributed by atoms with van der Waals surface area (Å²) >= 11 is 0. The predicted octanol–water partition coefficient (Wildman–Crippen LogP) is 2.38. The van der Waals surface area contributed by atoms with Crippen LogP contribution in [0.15, 0.2) is 24.4 Å². The van der Waals surface area contributed by atoms with Crippen molar-refractivity contribution >= 4 is 16.6 Å². The van der Waals surface area contributed by atoms with Crippen LogP contribution in [0.4, 0.5) is 5.82 Å². The molecule has 3 rings (SSSR count). The minimum absolute atomic E-state index is 0.294. The number of hydrogen-bond acceptors (Lipinski definition) is 5. The molecule has 1 aromatic carbocycles. The molecule has 0 atom stereocenters. The average molecular weight is 273 g/mol. The first-order valence-electron chi connectivity index (χ1n) is 7.01. The van der Waals surface area contributed by atoms with E-state index >= 15 is 0 Å². The lowest BCUT2D eigenvalue weighted by Gasteiger charge is -2.10. The van der Waals surface area contributed by atoms with Crippen LogP contribution in [0.25, 0.3) is 10.8 Å². The zero-order valence-electron chi connectivity index (χ0n) is 11.6. The summed E-state index contributed by atoms with van der Waals surface area (Å²) in [5.74, 6) is 2.48. The van der Waals surface area contributed by atoms with Gasteiger partial charge in [-0.15, -0.1) is 0 Å². The molecule has 106 valence electrons. The average Bonchev–Trinajstić information content (AvgIpc) is 2.92. The van der Waals surface area contributed by atoms with Crippen molar-refractivity contribution in [2.75, 3.05) is 31.7 Å². The predicted molar refractivity (Wildman–Crippen MR) is 79.5 cm³/mol. The molecule has 5 nitrogen and oxygen atoms in total. The summed E-state index contributed by atoms with van der Waals surface area (Å²) in [6.45, 7) is 5.28. The minimum Gasteiger partial charge on any atom is -0.454 e. The number of rotatable bonds is 6. The molecule has 0 unspecified atom stereocenters. The largest absolute Gasteiger partial charge is 0.454 e. The van der Waals surface area contributed by atoms with Crippen LogP contribution in [-0.4, -0.2) is 31.4 Å². The van der Waals surface area contributed by atoms with Crippen LogP contribution in [0, 0.1) is 0 Å². The number of nitrogens with one attached hydrogen (secondary N) is 2. The third kappa shape index (κ3) is 2.63. The number of aromatic nitrogens is 1. The van der Waals surface area contributed by atoms with Gasteiger partial charge in [-0.05, 0) is 36.6 Å². The molecule has 0 radical (unpaired) electrons. The number of hydrogen-bond donors (Lipinski definition) is 2. The van der Waals surface area contributed by atoms with Crippen LogP contribution in [0.1, 0.15) is 13.3 Å². The standard InChI is InChI=1S/C15H19N3O2/c1-2-4-16-6-7-18-15-12-9-14-13(19-10-20-14)8-11(12)3-5-17-15/h3,5,8-9,16H,2,4,6-7,10H2,1H3,(H,17,18). The van der Waals surface area contributed by atoms with Crippen molar-refractivity contribution < 1.29 is 9.47 Å². The first kappa shape index (κ1) is 13.0. The third-order valence-corrected chi connectivity index (χ3v) is 3.28. The Morgan fingerprint density at radius 2 is 2.00 bits per heavy atom. The smallest absolute Gasteiger partial charge is 0.231 e. The van der Waals surface area contributed by atoms with Gasteiger partial charge in [-0.1, -0.05) is 6.92 Å². The third-order valence-electron chi connectivity index (χ3n) is 3.28. The fourth-order valence-corrected chi connectivity index (χ4v) is 2.27. The maximum absolute atomic E-state index is 5.43. The van der Waals surface area contributed by atoms with Crippen LogP contribution < -0.4 is 20.1 Å². The first-order valence-corrected chi connectivity index (χ1v) is 7.01. The van der Waals surface area contributed by atoms with Gasteiger partial charge < -0.3 is 20.1 Å². The molecule has 0 fully saturated rings. The molecule has 1 aliphatic rings.